The van der Waals surface area contributed by atoms with Crippen LogP contribution < -0.4 is 21.1 Å². The van der Waals surface area contributed by atoms with Gasteiger partial charge in [0, 0.05) is 85.4 Å². The van der Waals surface area contributed by atoms with Crippen molar-refractivity contribution in [3.63, 3.8) is 0 Å². The van der Waals surface area contributed by atoms with Gasteiger partial charge in [0.2, 0.25) is 17.8 Å². The van der Waals surface area contributed by atoms with Crippen LogP contribution in [0.15, 0.2) is 89.0 Å². The van der Waals surface area contributed by atoms with Gasteiger partial charge < -0.3 is 29.3 Å². The Balaban J connectivity index is 0.647. The zero-order chi connectivity index (χ0) is 46.3. The van der Waals surface area contributed by atoms with Gasteiger partial charge in [-0.25, -0.2) is 19.3 Å². The number of piperidine rings is 2. The molecule has 2 amide bonds. The van der Waals surface area contributed by atoms with Gasteiger partial charge in [0.25, 0.3) is 5.56 Å². The van der Waals surface area contributed by atoms with E-state index in [-0.39, 0.29) is 23.9 Å². The van der Waals surface area contributed by atoms with Crippen LogP contribution in [-0.4, -0.2) is 112 Å². The zero-order valence-electron chi connectivity index (χ0n) is 38.3. The minimum atomic E-state index is -0.992. The quantitative estimate of drug-likeness (QED) is 0.101. The number of imide groups is 1. The molecule has 4 fully saturated rings. The molecule has 350 valence electrons. The van der Waals surface area contributed by atoms with E-state index in [9.17, 15) is 19.5 Å². The van der Waals surface area contributed by atoms with Crippen LogP contribution in [0.2, 0.25) is 0 Å². The summed E-state index contributed by atoms with van der Waals surface area (Å²) in [5.41, 5.74) is 5.34. The van der Waals surface area contributed by atoms with Crippen LogP contribution in [0.25, 0.3) is 38.7 Å². The summed E-state index contributed by atoms with van der Waals surface area (Å²) in [6, 6.07) is 20.1. The van der Waals surface area contributed by atoms with Crippen LogP contribution >= 0.6 is 0 Å². The van der Waals surface area contributed by atoms with Crippen molar-refractivity contribution < 1.29 is 19.2 Å². The predicted octanol–water partition coefficient (Wildman–Crippen LogP) is 6.06. The highest BCUT2D eigenvalue weighted by Crippen LogP contribution is 2.43. The molecule has 7 aromatic rings. The van der Waals surface area contributed by atoms with E-state index in [2.05, 4.69) is 77.1 Å². The lowest BCUT2D eigenvalue weighted by atomic mass is 9.83. The maximum absolute atomic E-state index is 13.6. The summed E-state index contributed by atoms with van der Waals surface area (Å²) in [6.45, 7) is 12.4. The molecule has 2 atom stereocenters. The molecule has 1 saturated carbocycles. The average molecular weight is 917 g/mol. The predicted molar refractivity (Wildman–Crippen MR) is 258 cm³/mol. The van der Waals surface area contributed by atoms with Crippen molar-refractivity contribution in [1.29, 1.82) is 0 Å². The first-order chi connectivity index (χ1) is 33.2. The van der Waals surface area contributed by atoms with Crippen LogP contribution in [0.4, 0.5) is 17.3 Å². The van der Waals surface area contributed by atoms with E-state index in [4.69, 9.17) is 14.5 Å². The highest BCUT2D eigenvalue weighted by molar-refractivity contribution is 6.09. The van der Waals surface area contributed by atoms with Crippen molar-refractivity contribution in [3.05, 3.63) is 107 Å². The van der Waals surface area contributed by atoms with Gasteiger partial charge in [-0.15, -0.1) is 6.58 Å². The number of likely N-dealkylation sites (tertiary alicyclic amines) is 1. The molecule has 5 aliphatic rings. The number of benzene rings is 2. The molecule has 5 aromatic heterocycles. The zero-order valence-corrected chi connectivity index (χ0v) is 38.3. The lowest BCUT2D eigenvalue weighted by Crippen LogP contribution is -2.55. The minimum Gasteiger partial charge on any atom is -0.384 e. The summed E-state index contributed by atoms with van der Waals surface area (Å²) in [4.78, 5) is 60.3. The van der Waals surface area contributed by atoms with E-state index in [0.717, 1.165) is 86.1 Å². The summed E-state index contributed by atoms with van der Waals surface area (Å²) in [5, 5.41) is 23.7. The number of allylic oxidation sites excluding steroid dienone is 1. The number of aliphatic hydroxyl groups is 1. The third-order valence-corrected chi connectivity index (χ3v) is 15.7. The number of aromatic nitrogens is 7. The molecular formula is C51H56N12O5. The van der Waals surface area contributed by atoms with Crippen molar-refractivity contribution in [3.8, 4) is 5.82 Å². The largest absolute Gasteiger partial charge is 0.384 e. The summed E-state index contributed by atoms with van der Waals surface area (Å²) in [7, 11) is 0. The molecule has 0 radical (unpaired) electrons. The third kappa shape index (κ3) is 7.20. The number of nitrogens with one attached hydrogen (secondary N) is 2. The maximum Gasteiger partial charge on any atom is 0.278 e. The van der Waals surface area contributed by atoms with Crippen LogP contribution in [0.3, 0.4) is 0 Å². The fraction of sp³-hybridized carbons (Fsp3) is 0.431. The van der Waals surface area contributed by atoms with Crippen molar-refractivity contribution >= 4 is 62.0 Å². The molecule has 0 spiro atoms. The molecule has 3 aliphatic heterocycles. The van der Waals surface area contributed by atoms with Crippen molar-refractivity contribution in [2.45, 2.75) is 101 Å². The van der Waals surface area contributed by atoms with Crippen molar-refractivity contribution in [2.24, 2.45) is 0 Å². The number of hydrogen-bond acceptors (Lipinski definition) is 13. The number of nitrogens with zero attached hydrogens (tertiary/aromatic N) is 10. The van der Waals surface area contributed by atoms with Gasteiger partial charge in [-0.3, -0.25) is 24.6 Å². The molecule has 17 heteroatoms. The van der Waals surface area contributed by atoms with Gasteiger partial charge in [0.1, 0.15) is 16.7 Å². The highest BCUT2D eigenvalue weighted by atomic mass is 16.5. The molecule has 8 heterocycles. The smallest absolute Gasteiger partial charge is 0.278 e. The summed E-state index contributed by atoms with van der Waals surface area (Å²) >= 11 is 0. The van der Waals surface area contributed by atoms with Crippen LogP contribution in [0.1, 0.15) is 87.2 Å². The minimum absolute atomic E-state index is 0.234. The van der Waals surface area contributed by atoms with Gasteiger partial charge in [-0.1, -0.05) is 24.2 Å². The lowest BCUT2D eigenvalue weighted by Gasteiger charge is -2.48. The molecule has 12 rings (SSSR count). The van der Waals surface area contributed by atoms with Gasteiger partial charge >= 0.3 is 0 Å². The second-order valence-corrected chi connectivity index (χ2v) is 19.4. The first-order valence-electron chi connectivity index (χ1n) is 24.3. The Kier molecular flexibility index (Phi) is 10.5. The molecule has 2 aromatic carbocycles. The Bertz CT molecular complexity index is 3170. The summed E-state index contributed by atoms with van der Waals surface area (Å²) in [5.74, 6) is -0.146. The molecule has 0 bridgehead atoms. The van der Waals surface area contributed by atoms with Gasteiger partial charge in [-0.2, -0.15) is 4.98 Å². The monoisotopic (exact) mass is 916 g/mol. The van der Waals surface area contributed by atoms with Crippen molar-refractivity contribution in [2.75, 3.05) is 49.5 Å². The number of pyridine rings is 1. The molecule has 68 heavy (non-hydrogen) atoms. The molecule has 1 unspecified atom stereocenters. The molecule has 2 aliphatic carbocycles. The van der Waals surface area contributed by atoms with Crippen molar-refractivity contribution in [1.82, 2.24) is 49.2 Å². The first kappa shape index (κ1) is 42.6. The number of anilines is 3. The maximum atomic E-state index is 13.6. The number of fused-ring (bicyclic) bond motifs is 5. The average Bonchev–Trinajstić information content (AvgIpc) is 4.12. The Labute approximate surface area is 392 Å². The second-order valence-electron chi connectivity index (χ2n) is 19.4. The van der Waals surface area contributed by atoms with Gasteiger partial charge in [0.15, 0.2) is 17.0 Å². The second kappa shape index (κ2) is 16.8. The lowest BCUT2D eigenvalue weighted by molar-refractivity contribution is -0.134. The summed E-state index contributed by atoms with van der Waals surface area (Å²) < 4.78 is 11.3. The van der Waals surface area contributed by atoms with E-state index >= 15 is 0 Å². The normalized spacial score (nSPS) is 23.9. The molecule has 3 saturated heterocycles. The number of hydrogen-bond donors (Lipinski definition) is 3. The number of aryl methyl sites for hydroxylation is 1. The number of rotatable bonds is 11. The number of amides is 2. The van der Waals surface area contributed by atoms with E-state index < -0.39 is 11.5 Å². The van der Waals surface area contributed by atoms with Crippen LogP contribution in [0, 0.1) is 0 Å². The Morgan fingerprint density at radius 3 is 2.44 bits per heavy atom. The standard InChI is InChI=1S/C51H56N12O5/c1-3-20-62-49(66)39-30-52-50(56-47(39)63(62)42-13-5-31-15-19-51(67,4-2)46(31)54-42)53-32-6-8-33(9-7-32)59-24-26-60(27-25-59)34-16-21-58(22-17-34)35-28-36(29-35)61-23-18-37-40(61)11-12-41-44(37)45(57-68-41)38-10-14-43(64)55-48(38)65/h3,5-9,11-13,18,23,30,34-36,38,67H,1,4,10,14-17,19-22,24-29H2,2H3,(H,52,53,56)(H,55,64,65)/t35-,36+,38?,51-/m1/s1. The van der Waals surface area contributed by atoms with E-state index in [0.29, 0.717) is 83.6 Å². The molecular weight excluding hydrogens is 861 g/mol. The Morgan fingerprint density at radius 1 is 0.882 bits per heavy atom. The SMILES string of the molecule is C=CCn1c(=O)c2cnc(Nc3ccc(N4CCN(C5CCN([C@H]6C[C@@H](n7ccc8c9c(C%10CCC(=O)NC%10=O)noc9ccc87)C6)CC5)CC4)cc3)nc2n1-c1ccc2c(n1)[C@@](O)(CC)CC2. The van der Waals surface area contributed by atoms with E-state index in [1.54, 1.807) is 21.6 Å². The Hall–Kier alpha value is -6.69. The van der Waals surface area contributed by atoms with Gasteiger partial charge in [0.05, 0.1) is 23.5 Å². The number of carbonyl (C=O) groups excluding carboxylic acids is 2. The fourth-order valence-electron chi connectivity index (χ4n) is 11.8. The number of piperazine rings is 1. The molecule has 17 nitrogen and oxygen atoms in total. The van der Waals surface area contributed by atoms with E-state index in [1.165, 1.54) is 18.5 Å². The topological polar surface area (TPSA) is 185 Å². The molecule has 3 N–H and O–H groups in total. The van der Waals surface area contributed by atoms with Crippen LogP contribution in [-0.2, 0) is 28.2 Å². The third-order valence-electron chi connectivity index (χ3n) is 15.7. The highest BCUT2D eigenvalue weighted by Gasteiger charge is 2.40. The van der Waals surface area contributed by atoms with Gasteiger partial charge in [-0.05, 0) is 119 Å². The first-order valence-corrected chi connectivity index (χ1v) is 24.3. The Morgan fingerprint density at radius 2 is 1.68 bits per heavy atom. The fourth-order valence-corrected chi connectivity index (χ4v) is 11.8. The summed E-state index contributed by atoms with van der Waals surface area (Å²) in [6.07, 6.45) is 12.7. The number of carbonyl (C=O) groups is 2. The van der Waals surface area contributed by atoms with Crippen LogP contribution in [0.5, 0.6) is 0 Å². The van der Waals surface area contributed by atoms with E-state index in [1.807, 2.05) is 37.3 Å².